The normalized spacial score (nSPS) is 10.8. The Hall–Kier alpha value is -1.46. The van der Waals surface area contributed by atoms with E-state index in [2.05, 4.69) is 17.3 Å². The van der Waals surface area contributed by atoms with Gasteiger partial charge in [-0.25, -0.2) is 0 Å². The second-order valence-corrected chi connectivity index (χ2v) is 4.08. The molecule has 0 saturated carbocycles. The van der Waals surface area contributed by atoms with Gasteiger partial charge in [0.2, 0.25) is 0 Å². The van der Waals surface area contributed by atoms with E-state index >= 15 is 0 Å². The zero-order valence-electron chi connectivity index (χ0n) is 10.3. The van der Waals surface area contributed by atoms with Gasteiger partial charge in [-0.2, -0.15) is 0 Å². The molecule has 0 unspecified atom stereocenters. The highest BCUT2D eigenvalue weighted by Crippen LogP contribution is 2.12. The molecule has 0 heterocycles. The Morgan fingerprint density at radius 1 is 1.29 bits per heavy atom. The molecule has 0 atom stereocenters. The average Bonchev–Trinajstić information content (AvgIpc) is 2.34. The third kappa shape index (κ3) is 4.93. The van der Waals surface area contributed by atoms with Gasteiger partial charge in [-0.05, 0) is 26.1 Å². The van der Waals surface area contributed by atoms with E-state index in [4.69, 9.17) is 0 Å². The summed E-state index contributed by atoms with van der Waals surface area (Å²) in [6, 6.07) is 6.76. The van der Waals surface area contributed by atoms with Crippen LogP contribution in [0.3, 0.4) is 0 Å². The van der Waals surface area contributed by atoms with Crippen molar-refractivity contribution in [1.82, 2.24) is 10.2 Å². The minimum Gasteiger partial charge on any atom is -0.318 e. The van der Waals surface area contributed by atoms with E-state index in [1.807, 2.05) is 19.2 Å². The first-order valence-electron chi connectivity index (χ1n) is 5.70. The van der Waals surface area contributed by atoms with Crippen LogP contribution >= 0.6 is 0 Å². The van der Waals surface area contributed by atoms with Crippen LogP contribution in [0.25, 0.3) is 0 Å². The molecule has 0 aromatic heterocycles. The molecule has 5 nitrogen and oxygen atoms in total. The maximum atomic E-state index is 10.5. The molecule has 0 amide bonds. The summed E-state index contributed by atoms with van der Waals surface area (Å²) in [7, 11) is 4.01. The highest BCUT2D eigenvalue weighted by Gasteiger charge is 2.04. The van der Waals surface area contributed by atoms with Crippen molar-refractivity contribution in [3.63, 3.8) is 0 Å². The van der Waals surface area contributed by atoms with Crippen LogP contribution in [-0.2, 0) is 6.42 Å². The van der Waals surface area contributed by atoms with Crippen LogP contribution < -0.4 is 5.32 Å². The summed E-state index contributed by atoms with van der Waals surface area (Å²) in [4.78, 5) is 12.3. The molecule has 0 saturated heterocycles. The van der Waals surface area contributed by atoms with Crippen LogP contribution in [0.2, 0.25) is 0 Å². The highest BCUT2D eigenvalue weighted by atomic mass is 16.6. The largest absolute Gasteiger partial charge is 0.318 e. The van der Waals surface area contributed by atoms with Crippen molar-refractivity contribution >= 4 is 5.69 Å². The number of hydrogen-bond donors (Lipinski definition) is 1. The summed E-state index contributed by atoms with van der Waals surface area (Å²) >= 11 is 0. The Bertz CT molecular complexity index is 351. The zero-order chi connectivity index (χ0) is 12.7. The van der Waals surface area contributed by atoms with Gasteiger partial charge in [-0.3, -0.25) is 10.1 Å². The van der Waals surface area contributed by atoms with E-state index in [0.29, 0.717) is 0 Å². The second-order valence-electron chi connectivity index (χ2n) is 4.08. The fourth-order valence-corrected chi connectivity index (χ4v) is 1.52. The van der Waals surface area contributed by atoms with E-state index in [1.165, 1.54) is 0 Å². The summed E-state index contributed by atoms with van der Waals surface area (Å²) in [5.41, 5.74) is 1.28. The number of nitrogens with zero attached hydrogens (tertiary/aromatic N) is 2. The summed E-state index contributed by atoms with van der Waals surface area (Å²) in [5.74, 6) is 0. The minimum atomic E-state index is -0.372. The highest BCUT2D eigenvalue weighted by molar-refractivity contribution is 5.32. The van der Waals surface area contributed by atoms with E-state index in [0.717, 1.165) is 31.6 Å². The van der Waals surface area contributed by atoms with E-state index in [-0.39, 0.29) is 10.6 Å². The molecule has 1 aromatic rings. The summed E-state index contributed by atoms with van der Waals surface area (Å²) in [6.45, 7) is 2.93. The van der Waals surface area contributed by atoms with Crippen LogP contribution in [-0.4, -0.2) is 43.6 Å². The van der Waals surface area contributed by atoms with E-state index < -0.39 is 0 Å². The molecule has 1 rings (SSSR count). The third-order valence-electron chi connectivity index (χ3n) is 2.67. The number of benzene rings is 1. The fraction of sp³-hybridized carbons (Fsp3) is 0.500. The fourth-order valence-electron chi connectivity index (χ4n) is 1.52. The minimum absolute atomic E-state index is 0.150. The van der Waals surface area contributed by atoms with Crippen molar-refractivity contribution in [2.24, 2.45) is 0 Å². The van der Waals surface area contributed by atoms with Crippen molar-refractivity contribution < 1.29 is 4.92 Å². The molecule has 1 N–H and O–H groups in total. The SMILES string of the molecule is CNCCN(C)CCc1ccc([N+](=O)[O-])cc1. The first kappa shape index (κ1) is 13.6. The first-order valence-corrected chi connectivity index (χ1v) is 5.70. The van der Waals surface area contributed by atoms with Gasteiger partial charge in [-0.15, -0.1) is 0 Å². The van der Waals surface area contributed by atoms with Gasteiger partial charge in [0.15, 0.2) is 0 Å². The topological polar surface area (TPSA) is 58.4 Å². The van der Waals surface area contributed by atoms with Gasteiger partial charge in [-0.1, -0.05) is 12.1 Å². The number of nitro groups is 1. The Morgan fingerprint density at radius 2 is 1.94 bits per heavy atom. The van der Waals surface area contributed by atoms with Gasteiger partial charge < -0.3 is 10.2 Å². The van der Waals surface area contributed by atoms with Crippen LogP contribution in [0.15, 0.2) is 24.3 Å². The van der Waals surface area contributed by atoms with Crippen molar-refractivity contribution in [2.45, 2.75) is 6.42 Å². The third-order valence-corrected chi connectivity index (χ3v) is 2.67. The van der Waals surface area contributed by atoms with Crippen molar-refractivity contribution in [1.29, 1.82) is 0 Å². The van der Waals surface area contributed by atoms with Crippen molar-refractivity contribution in [3.8, 4) is 0 Å². The second kappa shape index (κ2) is 6.98. The molecule has 0 spiro atoms. The molecule has 0 aliphatic carbocycles. The number of rotatable bonds is 7. The van der Waals surface area contributed by atoms with Gasteiger partial charge in [0.1, 0.15) is 0 Å². The number of hydrogen-bond acceptors (Lipinski definition) is 4. The van der Waals surface area contributed by atoms with Gasteiger partial charge in [0, 0.05) is 31.8 Å². The lowest BCUT2D eigenvalue weighted by molar-refractivity contribution is -0.384. The monoisotopic (exact) mass is 237 g/mol. The smallest absolute Gasteiger partial charge is 0.269 e. The number of nitrogens with one attached hydrogen (secondary N) is 1. The summed E-state index contributed by atoms with van der Waals surface area (Å²) < 4.78 is 0. The van der Waals surface area contributed by atoms with Crippen LogP contribution in [0.5, 0.6) is 0 Å². The summed E-state index contributed by atoms with van der Waals surface area (Å²) in [5, 5.41) is 13.6. The van der Waals surface area contributed by atoms with Crippen molar-refractivity contribution in [2.75, 3.05) is 33.7 Å². The average molecular weight is 237 g/mol. The molecule has 0 fully saturated rings. The quantitative estimate of drug-likeness (QED) is 0.573. The lowest BCUT2D eigenvalue weighted by Crippen LogP contribution is -2.29. The van der Waals surface area contributed by atoms with Crippen LogP contribution in [0.4, 0.5) is 5.69 Å². The van der Waals surface area contributed by atoms with Crippen molar-refractivity contribution in [3.05, 3.63) is 39.9 Å². The van der Waals surface area contributed by atoms with Crippen LogP contribution in [0, 0.1) is 10.1 Å². The molecular formula is C12H19N3O2. The Labute approximate surface area is 102 Å². The first-order chi connectivity index (χ1) is 8.13. The maximum absolute atomic E-state index is 10.5. The molecule has 0 bridgehead atoms. The molecule has 17 heavy (non-hydrogen) atoms. The predicted octanol–water partition coefficient (Wildman–Crippen LogP) is 1.29. The molecule has 94 valence electrons. The number of non-ortho nitro benzene ring substituents is 1. The maximum Gasteiger partial charge on any atom is 0.269 e. The van der Waals surface area contributed by atoms with E-state index in [1.54, 1.807) is 12.1 Å². The molecule has 0 aliphatic heterocycles. The standard InChI is InChI=1S/C12H19N3O2/c1-13-8-10-14(2)9-7-11-3-5-12(6-4-11)15(16)17/h3-6,13H,7-10H2,1-2H3. The molecular weight excluding hydrogens is 218 g/mol. The molecule has 1 aromatic carbocycles. The number of nitro benzene ring substituents is 1. The molecule has 0 aliphatic rings. The van der Waals surface area contributed by atoms with E-state index in [9.17, 15) is 10.1 Å². The Balaban J connectivity index is 2.39. The number of likely N-dealkylation sites (N-methyl/N-ethyl adjacent to an activating group) is 2. The Morgan fingerprint density at radius 3 is 2.47 bits per heavy atom. The van der Waals surface area contributed by atoms with Gasteiger partial charge >= 0.3 is 0 Å². The summed E-state index contributed by atoms with van der Waals surface area (Å²) in [6.07, 6.45) is 0.915. The molecule has 5 heteroatoms. The predicted molar refractivity (Wildman–Crippen MR) is 68.2 cm³/mol. The zero-order valence-corrected chi connectivity index (χ0v) is 10.3. The lowest BCUT2D eigenvalue weighted by Gasteiger charge is -2.15. The van der Waals surface area contributed by atoms with Crippen LogP contribution in [0.1, 0.15) is 5.56 Å². The van der Waals surface area contributed by atoms with Gasteiger partial charge in [0.05, 0.1) is 4.92 Å². The Kier molecular flexibility index (Phi) is 5.59. The van der Waals surface area contributed by atoms with Gasteiger partial charge in [0.25, 0.3) is 5.69 Å². The molecule has 0 radical (unpaired) electrons. The lowest BCUT2D eigenvalue weighted by atomic mass is 10.1.